The maximum absolute atomic E-state index is 11.1. The summed E-state index contributed by atoms with van der Waals surface area (Å²) in [5, 5.41) is 7.03. The second kappa shape index (κ2) is 6.69. The highest BCUT2D eigenvalue weighted by molar-refractivity contribution is 7.88. The van der Waals surface area contributed by atoms with E-state index >= 15 is 0 Å². The topological polar surface area (TPSA) is 78.1 Å². The Morgan fingerprint density at radius 1 is 1.50 bits per heavy atom. The zero-order valence-corrected chi connectivity index (χ0v) is 13.0. The van der Waals surface area contributed by atoms with Gasteiger partial charge >= 0.3 is 0 Å². The van der Waals surface area contributed by atoms with E-state index in [1.807, 2.05) is 13.1 Å². The van der Waals surface area contributed by atoms with Gasteiger partial charge in [-0.3, -0.25) is 10.00 Å². The molecule has 0 spiro atoms. The van der Waals surface area contributed by atoms with Crippen LogP contribution in [0.25, 0.3) is 0 Å². The molecule has 2 N–H and O–H groups in total. The van der Waals surface area contributed by atoms with Crippen molar-refractivity contribution in [1.29, 1.82) is 0 Å². The molecule has 0 aliphatic carbocycles. The Bertz CT molecular complexity index is 526. The van der Waals surface area contributed by atoms with E-state index in [1.54, 1.807) is 0 Å². The largest absolute Gasteiger partial charge is 0.296 e. The van der Waals surface area contributed by atoms with E-state index in [2.05, 4.69) is 19.8 Å². The Kier molecular flexibility index (Phi) is 5.17. The van der Waals surface area contributed by atoms with Gasteiger partial charge in [0.25, 0.3) is 0 Å². The van der Waals surface area contributed by atoms with E-state index in [1.165, 1.54) is 24.7 Å². The number of nitrogens with one attached hydrogen (secondary N) is 2. The molecule has 6 nitrogen and oxygen atoms in total. The number of piperidine rings is 1. The van der Waals surface area contributed by atoms with Crippen molar-refractivity contribution in [3.63, 3.8) is 0 Å². The number of aromatic nitrogens is 2. The van der Waals surface area contributed by atoms with Crippen LogP contribution in [-0.2, 0) is 16.6 Å². The first kappa shape index (κ1) is 15.5. The van der Waals surface area contributed by atoms with Crippen LogP contribution in [-0.4, -0.2) is 48.9 Å². The molecular formula is C13H24N4O2S. The minimum absolute atomic E-state index is 0.451. The summed E-state index contributed by atoms with van der Waals surface area (Å²) in [5.41, 5.74) is 2.34. The third-order valence-corrected chi connectivity index (χ3v) is 4.63. The number of likely N-dealkylation sites (tertiary alicyclic amines) is 1. The molecule has 114 valence electrons. The van der Waals surface area contributed by atoms with Gasteiger partial charge in [-0.05, 0) is 32.7 Å². The van der Waals surface area contributed by atoms with Gasteiger partial charge in [0.05, 0.1) is 12.5 Å². The normalized spacial score (nSPS) is 21.2. The van der Waals surface area contributed by atoms with Gasteiger partial charge in [0.15, 0.2) is 0 Å². The summed E-state index contributed by atoms with van der Waals surface area (Å²) in [6, 6.07) is 0.451. The van der Waals surface area contributed by atoms with Crippen molar-refractivity contribution in [2.75, 3.05) is 19.3 Å². The molecule has 1 aliphatic rings. The van der Waals surface area contributed by atoms with Crippen LogP contribution < -0.4 is 4.72 Å². The molecule has 0 aromatic carbocycles. The average molecular weight is 300 g/mol. The Morgan fingerprint density at radius 2 is 2.30 bits per heavy atom. The highest BCUT2D eigenvalue weighted by Gasteiger charge is 2.23. The maximum Gasteiger partial charge on any atom is 0.208 e. The van der Waals surface area contributed by atoms with Crippen LogP contribution in [0.5, 0.6) is 0 Å². The monoisotopic (exact) mass is 300 g/mol. The number of hydrogen-bond acceptors (Lipinski definition) is 4. The number of H-pyrrole nitrogens is 1. The lowest BCUT2D eigenvalue weighted by molar-refractivity contribution is 0.133. The lowest BCUT2D eigenvalue weighted by Gasteiger charge is -2.35. The summed E-state index contributed by atoms with van der Waals surface area (Å²) in [6.07, 6.45) is 7.54. The highest BCUT2D eigenvalue weighted by Crippen LogP contribution is 2.22. The van der Waals surface area contributed by atoms with Crippen LogP contribution in [0, 0.1) is 6.92 Å². The first-order valence-corrected chi connectivity index (χ1v) is 9.02. The molecule has 2 rings (SSSR count). The summed E-state index contributed by atoms with van der Waals surface area (Å²) in [7, 11) is -3.08. The van der Waals surface area contributed by atoms with Crippen LogP contribution in [0.2, 0.25) is 0 Å². The quantitative estimate of drug-likeness (QED) is 0.822. The second-order valence-corrected chi connectivity index (χ2v) is 7.43. The van der Waals surface area contributed by atoms with Gasteiger partial charge in [-0.15, -0.1) is 0 Å². The van der Waals surface area contributed by atoms with Gasteiger partial charge in [0.2, 0.25) is 10.0 Å². The van der Waals surface area contributed by atoms with E-state index in [0.29, 0.717) is 12.6 Å². The Balaban J connectivity index is 1.90. The highest BCUT2D eigenvalue weighted by atomic mass is 32.2. The second-order valence-electron chi connectivity index (χ2n) is 5.60. The van der Waals surface area contributed by atoms with Crippen molar-refractivity contribution in [3.8, 4) is 0 Å². The van der Waals surface area contributed by atoms with Crippen molar-refractivity contribution in [2.24, 2.45) is 0 Å². The molecule has 1 atom stereocenters. The molecule has 0 bridgehead atoms. The van der Waals surface area contributed by atoms with Gasteiger partial charge < -0.3 is 0 Å². The van der Waals surface area contributed by atoms with Crippen molar-refractivity contribution >= 4 is 10.0 Å². The first-order chi connectivity index (χ1) is 9.46. The van der Waals surface area contributed by atoms with Crippen molar-refractivity contribution in [1.82, 2.24) is 19.8 Å². The van der Waals surface area contributed by atoms with E-state index in [0.717, 1.165) is 31.6 Å². The summed E-state index contributed by atoms with van der Waals surface area (Å²) in [4.78, 5) is 2.45. The summed E-state index contributed by atoms with van der Waals surface area (Å²) in [5.74, 6) is 0. The van der Waals surface area contributed by atoms with Gasteiger partial charge in [-0.25, -0.2) is 13.1 Å². The standard InChI is InChI=1S/C13H24N4O2S/c1-11-12(9-14-16-11)10-17-8-4-3-5-13(17)6-7-15-20(2,18)19/h9,13,15H,3-8,10H2,1-2H3,(H,14,16). The molecule has 7 heteroatoms. The van der Waals surface area contributed by atoms with Crippen LogP contribution in [0.1, 0.15) is 36.9 Å². The van der Waals surface area contributed by atoms with Gasteiger partial charge in [-0.1, -0.05) is 6.42 Å². The number of rotatable bonds is 6. The van der Waals surface area contributed by atoms with E-state index in [4.69, 9.17) is 0 Å². The fourth-order valence-electron chi connectivity index (χ4n) is 2.76. The average Bonchev–Trinajstić information content (AvgIpc) is 2.76. The number of hydrogen-bond donors (Lipinski definition) is 2. The molecule has 0 saturated carbocycles. The molecule has 1 aromatic rings. The van der Waals surface area contributed by atoms with Crippen LogP contribution in [0.3, 0.4) is 0 Å². The number of sulfonamides is 1. The van der Waals surface area contributed by atoms with Crippen molar-refractivity contribution in [3.05, 3.63) is 17.5 Å². The Labute approximate surface area is 121 Å². The molecule has 0 radical (unpaired) electrons. The smallest absolute Gasteiger partial charge is 0.208 e. The fraction of sp³-hybridized carbons (Fsp3) is 0.769. The molecular weight excluding hydrogens is 276 g/mol. The van der Waals surface area contributed by atoms with Crippen molar-refractivity contribution < 1.29 is 8.42 Å². The molecule has 1 aromatic heterocycles. The van der Waals surface area contributed by atoms with E-state index < -0.39 is 10.0 Å². The van der Waals surface area contributed by atoms with Crippen LogP contribution in [0.4, 0.5) is 0 Å². The zero-order chi connectivity index (χ0) is 14.6. The molecule has 2 heterocycles. The minimum Gasteiger partial charge on any atom is -0.296 e. The van der Waals surface area contributed by atoms with Gasteiger partial charge in [0.1, 0.15) is 0 Å². The summed E-state index contributed by atoms with van der Waals surface area (Å²) < 4.78 is 24.8. The molecule has 1 saturated heterocycles. The third kappa shape index (κ3) is 4.57. The Morgan fingerprint density at radius 3 is 2.95 bits per heavy atom. The van der Waals surface area contributed by atoms with Gasteiger partial charge in [-0.2, -0.15) is 5.10 Å². The van der Waals surface area contributed by atoms with Crippen LogP contribution >= 0.6 is 0 Å². The predicted molar refractivity (Wildman–Crippen MR) is 78.8 cm³/mol. The molecule has 0 amide bonds. The van der Waals surface area contributed by atoms with Crippen LogP contribution in [0.15, 0.2) is 6.20 Å². The Hall–Kier alpha value is -0.920. The molecule has 20 heavy (non-hydrogen) atoms. The maximum atomic E-state index is 11.1. The lowest BCUT2D eigenvalue weighted by Crippen LogP contribution is -2.41. The van der Waals surface area contributed by atoms with Gasteiger partial charge in [0, 0.05) is 30.4 Å². The molecule has 1 aliphatic heterocycles. The number of aryl methyl sites for hydroxylation is 1. The van der Waals surface area contributed by atoms with Crippen molar-refractivity contribution in [2.45, 2.75) is 45.2 Å². The fourth-order valence-corrected chi connectivity index (χ4v) is 3.25. The van der Waals surface area contributed by atoms with E-state index in [9.17, 15) is 8.42 Å². The first-order valence-electron chi connectivity index (χ1n) is 7.13. The summed E-state index contributed by atoms with van der Waals surface area (Å²) >= 11 is 0. The van der Waals surface area contributed by atoms with E-state index in [-0.39, 0.29) is 0 Å². The molecule has 1 unspecified atom stereocenters. The number of nitrogens with zero attached hydrogens (tertiary/aromatic N) is 2. The third-order valence-electron chi connectivity index (χ3n) is 3.90. The minimum atomic E-state index is -3.08. The predicted octanol–water partition coefficient (Wildman–Crippen LogP) is 1.01. The zero-order valence-electron chi connectivity index (χ0n) is 12.2. The SMILES string of the molecule is Cc1[nH]ncc1CN1CCCCC1CCNS(C)(=O)=O. The number of aromatic amines is 1. The molecule has 1 fully saturated rings. The lowest BCUT2D eigenvalue weighted by atomic mass is 9.98. The summed E-state index contributed by atoms with van der Waals surface area (Å²) in [6.45, 7) is 4.52.